The van der Waals surface area contributed by atoms with Gasteiger partial charge < -0.3 is 33.5 Å². The van der Waals surface area contributed by atoms with Gasteiger partial charge in [0.25, 0.3) is 0 Å². The molecule has 12 aliphatic carbocycles. The summed E-state index contributed by atoms with van der Waals surface area (Å²) in [4.78, 5) is 56.5. The van der Waals surface area contributed by atoms with Crippen LogP contribution in [0.3, 0.4) is 0 Å². The molecule has 74 heavy (non-hydrogen) atoms. The molecule has 19 rings (SSSR count). The number of hydrogen-bond acceptors (Lipinski definition) is 12. The van der Waals surface area contributed by atoms with Crippen molar-refractivity contribution < 1.29 is 57.5 Å². The molecular formula is C62H92O12. The molecule has 1 N–H and O–H groups in total. The van der Waals surface area contributed by atoms with Crippen LogP contribution in [-0.4, -0.2) is 85.8 Å². The summed E-state index contributed by atoms with van der Waals surface area (Å²) >= 11 is 0. The number of fused-ring (bicyclic) bond motifs is 14. The molecule has 0 aromatic carbocycles. The quantitative estimate of drug-likeness (QED) is 0.181. The largest absolute Gasteiger partial charge is 0.465 e. The minimum Gasteiger partial charge on any atom is -0.465 e. The van der Waals surface area contributed by atoms with E-state index in [-0.39, 0.29) is 69.6 Å². The Morgan fingerprint density at radius 3 is 1.53 bits per heavy atom. The van der Waals surface area contributed by atoms with Gasteiger partial charge in [-0.1, -0.05) is 41.5 Å². The number of esters is 5. The minimum absolute atomic E-state index is 0.0167. The molecule has 0 amide bonds. The van der Waals surface area contributed by atoms with E-state index < -0.39 is 0 Å². The van der Waals surface area contributed by atoms with Crippen molar-refractivity contribution in [3.8, 4) is 0 Å². The first-order valence-corrected chi connectivity index (χ1v) is 30.5. The highest BCUT2D eigenvalue weighted by molar-refractivity contribution is 5.80. The highest BCUT2D eigenvalue weighted by Crippen LogP contribution is 2.64. The molecule has 7 saturated heterocycles. The number of aliphatic hydroxyl groups is 1. The smallest absolute Gasteiger partial charge is 0.312 e. The highest BCUT2D eigenvalue weighted by atomic mass is 16.6. The summed E-state index contributed by atoms with van der Waals surface area (Å²) < 4.78 is 31.8. The second kappa shape index (κ2) is 19.6. The summed E-state index contributed by atoms with van der Waals surface area (Å²) in [6.45, 7) is 16.6. The van der Waals surface area contributed by atoms with E-state index in [0.29, 0.717) is 74.3 Å². The minimum atomic E-state index is -0.0381. The summed E-state index contributed by atoms with van der Waals surface area (Å²) in [5.74, 6) is 13.1. The van der Waals surface area contributed by atoms with Crippen LogP contribution in [-0.2, 0) is 52.4 Å². The maximum absolute atomic E-state index is 11.7. The van der Waals surface area contributed by atoms with Crippen LogP contribution in [0.2, 0.25) is 0 Å². The van der Waals surface area contributed by atoms with Gasteiger partial charge in [0.1, 0.15) is 12.7 Å². The lowest BCUT2D eigenvalue weighted by Gasteiger charge is -2.51. The maximum atomic E-state index is 11.7. The number of carbonyl (C=O) groups is 5. The zero-order valence-electron chi connectivity index (χ0n) is 45.9. The van der Waals surface area contributed by atoms with Crippen molar-refractivity contribution in [1.29, 1.82) is 0 Å². The molecule has 12 nitrogen and oxygen atoms in total. The molecule has 19 fully saturated rings. The zero-order chi connectivity index (χ0) is 51.6. The van der Waals surface area contributed by atoms with Crippen molar-refractivity contribution in [1.82, 2.24) is 0 Å². The van der Waals surface area contributed by atoms with E-state index in [1.54, 1.807) is 0 Å². The molecule has 0 radical (unpaired) electrons. The molecule has 25 atom stereocenters. The fourth-order valence-corrected chi connectivity index (χ4v) is 20.7. The SMILES string of the molecule is CC1C2CCC3C(C2)C(=O)OC13.CC1CC2CC1CC21CCOC1=O.CC1CC2CC1CC21COC(=O)C1.CC1CC2CC1CC2O.CC1CC2CCC1CC21COC(=O)C1.CC1CC2OC1CC21COC(=O)C1. The van der Waals surface area contributed by atoms with Crippen LogP contribution in [0.25, 0.3) is 0 Å². The third kappa shape index (κ3) is 9.01. The number of hydrogen-bond donors (Lipinski definition) is 1. The van der Waals surface area contributed by atoms with Crippen molar-refractivity contribution in [2.75, 3.05) is 26.4 Å². The van der Waals surface area contributed by atoms with Crippen molar-refractivity contribution >= 4 is 29.8 Å². The molecule has 4 spiro atoms. The number of ether oxygens (including phenoxy) is 6. The predicted octanol–water partition coefficient (Wildman–Crippen LogP) is 10.5. The van der Waals surface area contributed by atoms with Crippen molar-refractivity contribution in [2.24, 2.45) is 122 Å². The lowest BCUT2D eigenvalue weighted by molar-refractivity contribution is -0.149. The average molecular weight is 1030 g/mol. The molecule has 0 aromatic heterocycles. The zero-order valence-corrected chi connectivity index (χ0v) is 45.9. The molecule has 412 valence electrons. The Kier molecular flexibility index (Phi) is 13.7. The molecule has 12 heteroatoms. The third-order valence-corrected chi connectivity index (χ3v) is 25.4. The monoisotopic (exact) mass is 1030 g/mol. The number of rotatable bonds is 0. The van der Waals surface area contributed by atoms with Crippen molar-refractivity contribution in [2.45, 2.75) is 207 Å². The van der Waals surface area contributed by atoms with E-state index in [1.165, 1.54) is 83.5 Å². The second-order valence-corrected chi connectivity index (χ2v) is 29.3. The van der Waals surface area contributed by atoms with E-state index in [2.05, 4.69) is 41.5 Å². The van der Waals surface area contributed by atoms with Crippen molar-refractivity contribution in [3.63, 3.8) is 0 Å². The Balaban J connectivity index is 0.0000000905. The van der Waals surface area contributed by atoms with Crippen LogP contribution in [0.15, 0.2) is 0 Å². The fraction of sp³-hybridized carbons (Fsp3) is 0.919. The normalized spacial score (nSPS) is 53.7. The first kappa shape index (κ1) is 52.0. The molecule has 0 aromatic rings. The van der Waals surface area contributed by atoms with Gasteiger partial charge in [-0.2, -0.15) is 0 Å². The van der Waals surface area contributed by atoms with Gasteiger partial charge in [-0.05, 0) is 211 Å². The Morgan fingerprint density at radius 1 is 0.486 bits per heavy atom. The molecular weight excluding hydrogens is 937 g/mol. The van der Waals surface area contributed by atoms with E-state index in [9.17, 15) is 29.1 Å². The van der Waals surface area contributed by atoms with Crippen LogP contribution in [0.4, 0.5) is 0 Å². The number of aliphatic hydroxyl groups excluding tert-OH is 1. The Labute approximate surface area is 441 Å². The Hall–Kier alpha value is -2.73. The fourth-order valence-electron chi connectivity index (χ4n) is 20.7. The summed E-state index contributed by atoms with van der Waals surface area (Å²) in [5, 5.41) is 9.34. The lowest BCUT2D eigenvalue weighted by Crippen LogP contribution is -2.45. The molecule has 12 saturated carbocycles. The molecule has 19 aliphatic rings. The number of carbonyl (C=O) groups excluding carboxylic acids is 5. The van der Waals surface area contributed by atoms with E-state index >= 15 is 0 Å². The van der Waals surface area contributed by atoms with E-state index in [0.717, 1.165) is 117 Å². The molecule has 7 heterocycles. The summed E-state index contributed by atoms with van der Waals surface area (Å²) in [7, 11) is 0. The second-order valence-electron chi connectivity index (χ2n) is 29.3. The van der Waals surface area contributed by atoms with Gasteiger partial charge in [0.2, 0.25) is 0 Å². The van der Waals surface area contributed by atoms with Crippen LogP contribution < -0.4 is 0 Å². The molecule has 7 aliphatic heterocycles. The summed E-state index contributed by atoms with van der Waals surface area (Å²) in [6.07, 6.45) is 26.5. The third-order valence-electron chi connectivity index (χ3n) is 25.4. The van der Waals surface area contributed by atoms with Crippen LogP contribution in [0.5, 0.6) is 0 Å². The Morgan fingerprint density at radius 2 is 1.08 bits per heavy atom. The maximum Gasteiger partial charge on any atom is 0.312 e. The number of cyclic esters (lactones) is 4. The van der Waals surface area contributed by atoms with Crippen molar-refractivity contribution in [3.05, 3.63) is 0 Å². The van der Waals surface area contributed by atoms with Gasteiger partial charge in [0.05, 0.1) is 68.7 Å². The standard InChI is InChI=1S/C12H18O2.2C11H16O2.C10H14O3.C10H14O2.C8H14O/c1-8-4-10-3-2-9(8)5-12(10)6-11(13)14-7-12;1-7-2-9-3-8(7)4-11(9)5-10(12)13-6-11;1-7-4-9-5-8(7)6-11(9)2-3-13-10(11)12;1-6-2-8-10(3-7(6)13-8)4-9(11)12-5-10;1-5-6-2-3-7-8(4-6)10(11)12-9(5)7;1-5-2-7-3-6(5)4-8(7)9/h8-10H,2-7H2,1H3;2*7-9H,2-6H2,1H3;6-8H,2-5H2,1H3;5-9H,2-4H2,1H3;5-9H,2-4H2,1H3. The first-order valence-electron chi connectivity index (χ1n) is 30.5. The summed E-state index contributed by atoms with van der Waals surface area (Å²) in [5.41, 5.74) is 0.603. The van der Waals surface area contributed by atoms with Gasteiger partial charge in [0, 0.05) is 22.2 Å². The lowest BCUT2D eigenvalue weighted by atomic mass is 9.52. The van der Waals surface area contributed by atoms with Gasteiger partial charge in [-0.3, -0.25) is 24.0 Å². The summed E-state index contributed by atoms with van der Waals surface area (Å²) in [6, 6.07) is 0. The van der Waals surface area contributed by atoms with Gasteiger partial charge in [0.15, 0.2) is 0 Å². The van der Waals surface area contributed by atoms with Gasteiger partial charge >= 0.3 is 29.8 Å². The molecule has 25 unspecified atom stereocenters. The molecule has 14 bridgehead atoms. The van der Waals surface area contributed by atoms with Gasteiger partial charge in [-0.15, -0.1) is 0 Å². The first-order chi connectivity index (χ1) is 35.3. The van der Waals surface area contributed by atoms with Crippen LogP contribution in [0.1, 0.15) is 183 Å². The predicted molar refractivity (Wildman–Crippen MR) is 273 cm³/mol. The van der Waals surface area contributed by atoms with Gasteiger partial charge in [-0.25, -0.2) is 0 Å². The van der Waals surface area contributed by atoms with Crippen LogP contribution in [0, 0.1) is 122 Å². The Bertz CT molecular complexity index is 2100. The van der Waals surface area contributed by atoms with E-state index in [4.69, 9.17) is 28.4 Å². The average Bonchev–Trinajstić information content (AvgIpc) is 4.21. The highest BCUT2D eigenvalue weighted by Gasteiger charge is 2.62. The topological polar surface area (TPSA) is 161 Å². The van der Waals surface area contributed by atoms with E-state index in [1.807, 2.05) is 0 Å². The van der Waals surface area contributed by atoms with Crippen LogP contribution >= 0.6 is 0 Å².